The Hall–Kier alpha value is -2.17. The van der Waals surface area contributed by atoms with Crippen molar-refractivity contribution in [3.63, 3.8) is 0 Å². The molecule has 2 rings (SSSR count). The summed E-state index contributed by atoms with van der Waals surface area (Å²) in [6, 6.07) is 7.58. The molecule has 1 heterocycles. The quantitative estimate of drug-likeness (QED) is 0.923. The van der Waals surface area contributed by atoms with Gasteiger partial charge in [-0.25, -0.2) is 14.8 Å². The lowest BCUT2D eigenvalue weighted by molar-refractivity contribution is 0.0486. The lowest BCUT2D eigenvalue weighted by atomic mass is 10.0. The Balaban J connectivity index is 2.33. The molecule has 0 aliphatic heterocycles. The molecule has 0 bridgehead atoms. The normalized spacial score (nSPS) is 13.2. The van der Waals surface area contributed by atoms with E-state index < -0.39 is 11.7 Å². The molecule has 1 aromatic heterocycles. The van der Waals surface area contributed by atoms with Crippen LogP contribution in [0.1, 0.15) is 52.2 Å². The number of amides is 1. The lowest BCUT2D eigenvalue weighted by Crippen LogP contribution is -2.37. The summed E-state index contributed by atoms with van der Waals surface area (Å²) in [6.07, 6.45) is -0.453. The third-order valence-electron chi connectivity index (χ3n) is 3.43. The van der Waals surface area contributed by atoms with Gasteiger partial charge in [0.25, 0.3) is 0 Å². The monoisotopic (exact) mass is 315 g/mol. The van der Waals surface area contributed by atoms with Crippen LogP contribution in [-0.4, -0.2) is 21.7 Å². The fourth-order valence-corrected chi connectivity index (χ4v) is 2.36. The molecule has 2 aromatic rings. The summed E-state index contributed by atoms with van der Waals surface area (Å²) in [5, 5.41) is 3.92. The van der Waals surface area contributed by atoms with E-state index in [9.17, 15) is 4.79 Å². The maximum atomic E-state index is 12.1. The maximum absolute atomic E-state index is 12.1. The molecule has 1 N–H and O–H groups in total. The molecule has 23 heavy (non-hydrogen) atoms. The minimum atomic E-state index is -0.536. The van der Waals surface area contributed by atoms with Crippen molar-refractivity contribution in [1.29, 1.82) is 0 Å². The van der Waals surface area contributed by atoms with Crippen LogP contribution in [0.4, 0.5) is 4.79 Å². The molecule has 5 heteroatoms. The second-order valence-electron chi connectivity index (χ2n) is 7.05. The molecule has 0 spiro atoms. The van der Waals surface area contributed by atoms with Crippen molar-refractivity contribution in [2.45, 2.75) is 53.2 Å². The van der Waals surface area contributed by atoms with Gasteiger partial charge in [-0.2, -0.15) is 0 Å². The molecule has 1 atom stereocenters. The molecular formula is C18H25N3O2. The lowest BCUT2D eigenvalue weighted by Gasteiger charge is -2.25. The number of carbonyl (C=O) groups excluding carboxylic acids is 1. The van der Waals surface area contributed by atoms with Crippen LogP contribution in [0.25, 0.3) is 10.9 Å². The Kier molecular flexibility index (Phi) is 4.88. The van der Waals surface area contributed by atoms with Crippen molar-refractivity contribution in [2.75, 3.05) is 0 Å². The van der Waals surface area contributed by atoms with Gasteiger partial charge in [0.05, 0.1) is 11.6 Å². The largest absolute Gasteiger partial charge is 0.444 e. The predicted octanol–water partition coefficient (Wildman–Crippen LogP) is 4.16. The first-order valence-corrected chi connectivity index (χ1v) is 7.90. The van der Waals surface area contributed by atoms with Crippen molar-refractivity contribution in [2.24, 2.45) is 5.92 Å². The Morgan fingerprint density at radius 2 is 1.83 bits per heavy atom. The molecule has 124 valence electrons. The van der Waals surface area contributed by atoms with Gasteiger partial charge in [0.2, 0.25) is 0 Å². The number of rotatable bonds is 3. The zero-order valence-electron chi connectivity index (χ0n) is 14.7. The Bertz CT molecular complexity index is 705. The van der Waals surface area contributed by atoms with E-state index in [1.54, 1.807) is 0 Å². The molecule has 0 saturated carbocycles. The van der Waals surface area contributed by atoms with Crippen LogP contribution in [0, 0.1) is 12.8 Å². The number of aromatic nitrogens is 2. The number of alkyl carbamates (subject to hydrolysis) is 1. The van der Waals surface area contributed by atoms with Gasteiger partial charge < -0.3 is 10.1 Å². The molecule has 0 unspecified atom stereocenters. The number of nitrogens with zero attached hydrogens (tertiary/aromatic N) is 2. The fourth-order valence-electron chi connectivity index (χ4n) is 2.36. The molecule has 1 amide bonds. The van der Waals surface area contributed by atoms with Crippen LogP contribution in [0.5, 0.6) is 0 Å². The van der Waals surface area contributed by atoms with Gasteiger partial charge in [-0.3, -0.25) is 0 Å². The molecule has 0 aliphatic rings. The van der Waals surface area contributed by atoms with E-state index in [0.29, 0.717) is 5.82 Å². The number of hydrogen-bond donors (Lipinski definition) is 1. The number of ether oxygens (including phenoxy) is 1. The van der Waals surface area contributed by atoms with Crippen molar-refractivity contribution >= 4 is 17.0 Å². The molecule has 5 nitrogen and oxygen atoms in total. The summed E-state index contributed by atoms with van der Waals surface area (Å²) in [5.41, 5.74) is 1.25. The van der Waals surface area contributed by atoms with Gasteiger partial charge in [0.1, 0.15) is 5.60 Å². The number of para-hydroxylation sites is 1. The molecule has 0 saturated heterocycles. The summed E-state index contributed by atoms with van der Waals surface area (Å²) in [7, 11) is 0. The Labute approximate surface area is 137 Å². The van der Waals surface area contributed by atoms with E-state index in [-0.39, 0.29) is 12.0 Å². The van der Waals surface area contributed by atoms with Crippen molar-refractivity contribution in [1.82, 2.24) is 15.3 Å². The van der Waals surface area contributed by atoms with E-state index in [4.69, 9.17) is 4.74 Å². The minimum Gasteiger partial charge on any atom is -0.444 e. The molecule has 0 aliphatic carbocycles. The number of fused-ring (bicyclic) bond motifs is 1. The molecule has 0 radical (unpaired) electrons. The number of hydrogen-bond acceptors (Lipinski definition) is 4. The van der Waals surface area contributed by atoms with Crippen LogP contribution in [0.15, 0.2) is 24.3 Å². The average Bonchev–Trinajstić information content (AvgIpc) is 2.42. The third-order valence-corrected chi connectivity index (χ3v) is 3.43. The summed E-state index contributed by atoms with van der Waals surface area (Å²) in [6.45, 7) is 11.5. The highest BCUT2D eigenvalue weighted by atomic mass is 16.6. The van der Waals surface area contributed by atoms with Crippen molar-refractivity contribution in [3.05, 3.63) is 35.8 Å². The van der Waals surface area contributed by atoms with Gasteiger partial charge in [0.15, 0.2) is 5.82 Å². The zero-order chi connectivity index (χ0) is 17.2. The first kappa shape index (κ1) is 17.2. The standard InChI is InChI=1S/C18H25N3O2/c1-11(2)15(21-17(22)23-18(4,5)6)16-19-12(3)13-9-7-8-10-14(13)20-16/h7-11,15H,1-6H3,(H,21,22)/t15-/m0/s1. The first-order valence-electron chi connectivity index (χ1n) is 7.90. The van der Waals surface area contributed by atoms with Gasteiger partial charge >= 0.3 is 6.09 Å². The highest BCUT2D eigenvalue weighted by molar-refractivity contribution is 5.80. The van der Waals surface area contributed by atoms with Gasteiger partial charge in [-0.15, -0.1) is 0 Å². The Morgan fingerprint density at radius 3 is 2.43 bits per heavy atom. The van der Waals surface area contributed by atoms with Gasteiger partial charge in [-0.05, 0) is 39.7 Å². The minimum absolute atomic E-state index is 0.142. The van der Waals surface area contributed by atoms with Crippen molar-refractivity contribution < 1.29 is 9.53 Å². The summed E-state index contributed by atoms with van der Waals surface area (Å²) >= 11 is 0. The van der Waals surface area contributed by atoms with Crippen LogP contribution in [0.3, 0.4) is 0 Å². The second-order valence-corrected chi connectivity index (χ2v) is 7.05. The molecule has 0 fully saturated rings. The van der Waals surface area contributed by atoms with E-state index in [1.165, 1.54) is 0 Å². The van der Waals surface area contributed by atoms with Crippen LogP contribution in [-0.2, 0) is 4.74 Å². The summed E-state index contributed by atoms with van der Waals surface area (Å²) < 4.78 is 5.35. The maximum Gasteiger partial charge on any atom is 0.408 e. The van der Waals surface area contributed by atoms with E-state index in [1.807, 2.05) is 65.8 Å². The number of aryl methyl sites for hydroxylation is 1. The summed E-state index contributed by atoms with van der Waals surface area (Å²) in [5.74, 6) is 0.755. The smallest absolute Gasteiger partial charge is 0.408 e. The van der Waals surface area contributed by atoms with E-state index in [0.717, 1.165) is 16.6 Å². The SMILES string of the molecule is Cc1nc([C@@H](NC(=O)OC(C)(C)C)C(C)C)nc2ccccc12. The Morgan fingerprint density at radius 1 is 1.17 bits per heavy atom. The van der Waals surface area contributed by atoms with E-state index >= 15 is 0 Å². The van der Waals surface area contributed by atoms with E-state index in [2.05, 4.69) is 15.3 Å². The van der Waals surface area contributed by atoms with Crippen LogP contribution in [0.2, 0.25) is 0 Å². The topological polar surface area (TPSA) is 64.1 Å². The molecular weight excluding hydrogens is 290 g/mol. The highest BCUT2D eigenvalue weighted by Crippen LogP contribution is 2.23. The fraction of sp³-hybridized carbons (Fsp3) is 0.500. The van der Waals surface area contributed by atoms with Crippen molar-refractivity contribution in [3.8, 4) is 0 Å². The first-order chi connectivity index (χ1) is 10.7. The van der Waals surface area contributed by atoms with Gasteiger partial charge in [0, 0.05) is 11.1 Å². The van der Waals surface area contributed by atoms with Gasteiger partial charge in [-0.1, -0.05) is 32.0 Å². The molecule has 1 aromatic carbocycles. The number of carbonyl (C=O) groups is 1. The number of benzene rings is 1. The third kappa shape index (κ3) is 4.41. The van der Waals surface area contributed by atoms with Crippen LogP contribution >= 0.6 is 0 Å². The predicted molar refractivity (Wildman–Crippen MR) is 91.2 cm³/mol. The average molecular weight is 315 g/mol. The second kappa shape index (κ2) is 6.52. The van der Waals surface area contributed by atoms with Crippen LogP contribution < -0.4 is 5.32 Å². The zero-order valence-corrected chi connectivity index (χ0v) is 14.7. The highest BCUT2D eigenvalue weighted by Gasteiger charge is 2.25. The number of nitrogens with one attached hydrogen (secondary N) is 1. The summed E-state index contributed by atoms with van der Waals surface area (Å²) in [4.78, 5) is 21.3.